The fourth-order valence-electron chi connectivity index (χ4n) is 1.70. The molecule has 24 heavy (non-hydrogen) atoms. The van der Waals surface area contributed by atoms with Gasteiger partial charge in [0.05, 0.1) is 6.61 Å². The summed E-state index contributed by atoms with van der Waals surface area (Å²) in [6.07, 6.45) is -1.94. The first-order valence-corrected chi connectivity index (χ1v) is 8.64. The number of hydrogen-bond acceptors (Lipinski definition) is 5. The molecular formula is C15H19F3O5S. The van der Waals surface area contributed by atoms with Crippen molar-refractivity contribution in [2.45, 2.75) is 38.3 Å². The maximum Gasteiger partial charge on any atom is 0.523 e. The number of halogens is 3. The van der Waals surface area contributed by atoms with E-state index in [1.807, 2.05) is 0 Å². The average molecular weight is 368 g/mol. The van der Waals surface area contributed by atoms with E-state index in [0.717, 1.165) is 5.56 Å². The molecule has 0 aromatic heterocycles. The predicted octanol–water partition coefficient (Wildman–Crippen LogP) is 3.05. The monoisotopic (exact) mass is 368 g/mol. The number of carbonyl (C=O) groups is 1. The number of benzene rings is 1. The number of ether oxygens (including phenoxy) is 1. The van der Waals surface area contributed by atoms with E-state index in [1.54, 1.807) is 44.2 Å². The van der Waals surface area contributed by atoms with Crippen molar-refractivity contribution in [3.05, 3.63) is 35.9 Å². The normalized spacial score (nSPS) is 13.8. The number of rotatable bonds is 8. The summed E-state index contributed by atoms with van der Waals surface area (Å²) >= 11 is 0. The molecule has 0 N–H and O–H groups in total. The minimum atomic E-state index is -5.89. The van der Waals surface area contributed by atoms with Crippen LogP contribution in [0.2, 0.25) is 0 Å². The van der Waals surface area contributed by atoms with Gasteiger partial charge >= 0.3 is 21.6 Å². The molecule has 0 spiro atoms. The second-order valence-electron chi connectivity index (χ2n) is 5.53. The van der Waals surface area contributed by atoms with Crippen LogP contribution in [0.15, 0.2) is 30.3 Å². The van der Waals surface area contributed by atoms with Gasteiger partial charge in [-0.2, -0.15) is 21.6 Å². The fraction of sp³-hybridized carbons (Fsp3) is 0.533. The molecule has 0 aliphatic heterocycles. The highest BCUT2D eigenvalue weighted by molar-refractivity contribution is 7.87. The first-order valence-electron chi connectivity index (χ1n) is 7.23. The van der Waals surface area contributed by atoms with Crippen LogP contribution >= 0.6 is 0 Å². The Morgan fingerprint density at radius 3 is 2.25 bits per heavy atom. The highest BCUT2D eigenvalue weighted by Gasteiger charge is 2.49. The lowest BCUT2D eigenvalue weighted by Gasteiger charge is -2.18. The lowest BCUT2D eigenvalue weighted by molar-refractivity contribution is -0.154. The van der Waals surface area contributed by atoms with Gasteiger partial charge in [0.15, 0.2) is 6.10 Å². The van der Waals surface area contributed by atoms with Crippen molar-refractivity contribution in [2.24, 2.45) is 5.92 Å². The maximum absolute atomic E-state index is 12.5. The molecule has 0 radical (unpaired) electrons. The smallest absolute Gasteiger partial charge is 0.463 e. The van der Waals surface area contributed by atoms with Gasteiger partial charge < -0.3 is 4.74 Å². The maximum atomic E-state index is 12.5. The van der Waals surface area contributed by atoms with Gasteiger partial charge in [0.2, 0.25) is 0 Å². The van der Waals surface area contributed by atoms with E-state index in [9.17, 15) is 26.4 Å². The highest BCUT2D eigenvalue weighted by atomic mass is 32.2. The van der Waals surface area contributed by atoms with Crippen LogP contribution in [0.25, 0.3) is 0 Å². The van der Waals surface area contributed by atoms with Crippen molar-refractivity contribution in [3.8, 4) is 0 Å². The molecule has 1 aromatic carbocycles. The van der Waals surface area contributed by atoms with Crippen molar-refractivity contribution < 1.29 is 35.3 Å². The van der Waals surface area contributed by atoms with Gasteiger partial charge in [-0.15, -0.1) is 0 Å². The summed E-state index contributed by atoms with van der Waals surface area (Å²) < 4.78 is 68.6. The van der Waals surface area contributed by atoms with E-state index >= 15 is 0 Å². The third-order valence-electron chi connectivity index (χ3n) is 2.89. The molecule has 0 aliphatic rings. The molecule has 136 valence electrons. The summed E-state index contributed by atoms with van der Waals surface area (Å²) in [6.45, 7) is 3.43. The average Bonchev–Trinajstić information content (AvgIpc) is 2.48. The Morgan fingerprint density at radius 1 is 1.17 bits per heavy atom. The molecule has 1 unspecified atom stereocenters. The molecular weight excluding hydrogens is 349 g/mol. The number of hydrogen-bond donors (Lipinski definition) is 0. The molecule has 0 fully saturated rings. The van der Waals surface area contributed by atoms with Crippen LogP contribution in [-0.2, 0) is 30.3 Å². The van der Waals surface area contributed by atoms with Crippen LogP contribution in [0.4, 0.5) is 13.2 Å². The zero-order valence-corrected chi connectivity index (χ0v) is 14.1. The van der Waals surface area contributed by atoms with E-state index in [4.69, 9.17) is 4.74 Å². The predicted molar refractivity (Wildman–Crippen MR) is 80.4 cm³/mol. The molecule has 0 aliphatic carbocycles. The Balaban J connectivity index is 2.84. The first-order chi connectivity index (χ1) is 11.0. The second kappa shape index (κ2) is 8.48. The molecule has 1 aromatic rings. The van der Waals surface area contributed by atoms with Crippen LogP contribution < -0.4 is 0 Å². The zero-order valence-electron chi connectivity index (χ0n) is 13.2. The van der Waals surface area contributed by atoms with Crippen molar-refractivity contribution in [2.75, 3.05) is 6.61 Å². The second-order valence-corrected chi connectivity index (χ2v) is 7.10. The van der Waals surface area contributed by atoms with E-state index < -0.39 is 27.7 Å². The van der Waals surface area contributed by atoms with Gasteiger partial charge in [0.1, 0.15) is 0 Å². The highest BCUT2D eigenvalue weighted by Crippen LogP contribution is 2.27. The van der Waals surface area contributed by atoms with Crippen molar-refractivity contribution in [3.63, 3.8) is 0 Å². The van der Waals surface area contributed by atoms with E-state index in [-0.39, 0.29) is 25.4 Å². The van der Waals surface area contributed by atoms with Crippen molar-refractivity contribution >= 4 is 16.1 Å². The Labute approximate surface area is 138 Å². The summed E-state index contributed by atoms with van der Waals surface area (Å²) in [5, 5.41) is 0. The molecule has 9 heteroatoms. The molecule has 1 atom stereocenters. The minimum Gasteiger partial charge on any atom is -0.463 e. The fourth-order valence-corrected chi connectivity index (χ4v) is 2.29. The first kappa shape index (κ1) is 20.4. The number of carbonyl (C=O) groups excluding carboxylic acids is 1. The Hall–Kier alpha value is -1.61. The number of esters is 1. The van der Waals surface area contributed by atoms with Gasteiger partial charge in [-0.1, -0.05) is 44.2 Å². The van der Waals surface area contributed by atoms with Gasteiger partial charge in [-0.25, -0.2) is 8.98 Å². The van der Waals surface area contributed by atoms with E-state index in [0.29, 0.717) is 0 Å². The third-order valence-corrected chi connectivity index (χ3v) is 3.94. The molecule has 1 rings (SSSR count). The molecule has 0 bridgehead atoms. The van der Waals surface area contributed by atoms with Crippen LogP contribution in [0.5, 0.6) is 0 Å². The third kappa shape index (κ3) is 6.48. The zero-order chi connectivity index (χ0) is 18.4. The van der Waals surface area contributed by atoms with Crippen LogP contribution in [0.1, 0.15) is 25.8 Å². The molecule has 0 saturated heterocycles. The summed E-state index contributed by atoms with van der Waals surface area (Å²) in [4.78, 5) is 11.9. The van der Waals surface area contributed by atoms with Crippen LogP contribution in [0, 0.1) is 5.92 Å². The summed E-state index contributed by atoms with van der Waals surface area (Å²) in [5.74, 6) is -1.18. The number of alkyl halides is 3. The quantitative estimate of drug-likeness (QED) is 0.401. The van der Waals surface area contributed by atoms with Crippen LogP contribution in [-0.4, -0.2) is 32.6 Å². The van der Waals surface area contributed by atoms with Gasteiger partial charge in [0, 0.05) is 0 Å². The summed E-state index contributed by atoms with van der Waals surface area (Å²) in [5.41, 5.74) is -4.87. The Bertz CT molecular complexity index is 626. The molecule has 0 amide bonds. The topological polar surface area (TPSA) is 69.7 Å². The van der Waals surface area contributed by atoms with E-state index in [1.165, 1.54) is 0 Å². The molecule has 0 heterocycles. The number of aryl methyl sites for hydroxylation is 1. The van der Waals surface area contributed by atoms with Crippen molar-refractivity contribution in [1.82, 2.24) is 0 Å². The molecule has 5 nitrogen and oxygen atoms in total. The van der Waals surface area contributed by atoms with Gasteiger partial charge in [-0.05, 0) is 24.3 Å². The lowest BCUT2D eigenvalue weighted by atomic mass is 10.1. The molecule has 0 saturated carbocycles. The lowest BCUT2D eigenvalue weighted by Crippen LogP contribution is -2.36. The summed E-state index contributed by atoms with van der Waals surface area (Å²) in [6, 6.07) is 8.59. The minimum absolute atomic E-state index is 0.0455. The standard InChI is InChI=1S/C15H19F3O5S/c1-11(2)10-22-14(19)13(23-24(20,21)15(16,17)18)9-8-12-6-4-3-5-7-12/h3-7,11,13H,8-10H2,1-2H3. The van der Waals surface area contributed by atoms with Gasteiger partial charge in [0.25, 0.3) is 0 Å². The van der Waals surface area contributed by atoms with E-state index in [2.05, 4.69) is 4.18 Å². The Morgan fingerprint density at radius 2 is 1.75 bits per heavy atom. The Kier molecular flexibility index (Phi) is 7.22. The largest absolute Gasteiger partial charge is 0.523 e. The van der Waals surface area contributed by atoms with Gasteiger partial charge in [-0.3, -0.25) is 0 Å². The van der Waals surface area contributed by atoms with Crippen molar-refractivity contribution in [1.29, 1.82) is 0 Å². The van der Waals surface area contributed by atoms with Crippen LogP contribution in [0.3, 0.4) is 0 Å². The summed E-state index contributed by atoms with van der Waals surface area (Å²) in [7, 11) is -5.89. The SMILES string of the molecule is CC(C)COC(=O)C(CCc1ccccc1)OS(=O)(=O)C(F)(F)F.